The van der Waals surface area contributed by atoms with Gasteiger partial charge >= 0.3 is 5.97 Å². The average molecular weight is 263 g/mol. The third-order valence-electron chi connectivity index (χ3n) is 5.90. The van der Waals surface area contributed by atoms with Crippen molar-refractivity contribution in [3.8, 4) is 0 Å². The Balaban J connectivity index is 1.67. The number of carbonyl (C=O) groups excluding carboxylic acids is 1. The van der Waals surface area contributed by atoms with Crippen molar-refractivity contribution >= 4 is 5.97 Å². The van der Waals surface area contributed by atoms with E-state index in [2.05, 4.69) is 25.8 Å². The summed E-state index contributed by atoms with van der Waals surface area (Å²) in [5.74, 6) is 0.578. The van der Waals surface area contributed by atoms with Crippen molar-refractivity contribution in [3.63, 3.8) is 0 Å². The van der Waals surface area contributed by atoms with Crippen molar-refractivity contribution in [3.05, 3.63) is 18.7 Å². The van der Waals surface area contributed by atoms with Crippen LogP contribution in [0.25, 0.3) is 0 Å². The first-order valence-electron chi connectivity index (χ1n) is 7.15. The number of nitrogens with one attached hydrogen (secondary N) is 1. The molecule has 0 aromatic carbocycles. The lowest BCUT2D eigenvalue weighted by Crippen LogP contribution is -2.42. The Morgan fingerprint density at radius 3 is 2.79 bits per heavy atom. The molecule has 1 heterocycles. The number of carbonyl (C=O) groups is 1. The minimum atomic E-state index is -0.126. The highest BCUT2D eigenvalue weighted by Gasteiger charge is 2.62. The van der Waals surface area contributed by atoms with Crippen molar-refractivity contribution in [1.82, 2.24) is 4.98 Å². The van der Waals surface area contributed by atoms with Gasteiger partial charge in [0.15, 0.2) is 6.54 Å². The number of aromatic nitrogens is 2. The predicted molar refractivity (Wildman–Crippen MR) is 70.1 cm³/mol. The van der Waals surface area contributed by atoms with Gasteiger partial charge in [-0.05, 0) is 30.6 Å². The summed E-state index contributed by atoms with van der Waals surface area (Å²) < 4.78 is 7.59. The molecule has 2 aliphatic carbocycles. The number of fused-ring (bicyclic) bond motifs is 2. The van der Waals surface area contributed by atoms with E-state index in [4.69, 9.17) is 4.74 Å². The van der Waals surface area contributed by atoms with Gasteiger partial charge in [0, 0.05) is 5.41 Å². The normalized spacial score (nSPS) is 35.5. The number of esters is 1. The molecule has 2 aliphatic rings. The summed E-state index contributed by atoms with van der Waals surface area (Å²) in [7, 11) is 0. The zero-order valence-electron chi connectivity index (χ0n) is 12.0. The largest absolute Gasteiger partial charge is 0.459 e. The topological polar surface area (TPSA) is 46.0 Å². The standard InChI is InChI=1S/C15H22N2O2/c1-14(2)11-4-5-15(14,3)12(8-11)19-13(18)9-17-7-6-16-10-17/h6-7,10-12H,4-5,8-9H2,1-3H3/p+1/t11-,12-,15+/m0/s1. The molecular weight excluding hydrogens is 240 g/mol. The summed E-state index contributed by atoms with van der Waals surface area (Å²) in [6, 6.07) is 0. The maximum absolute atomic E-state index is 12.0. The Labute approximate surface area is 114 Å². The second kappa shape index (κ2) is 4.09. The summed E-state index contributed by atoms with van der Waals surface area (Å²) in [5.41, 5.74) is 0.440. The number of imidazole rings is 1. The van der Waals surface area contributed by atoms with Gasteiger partial charge in [-0.3, -0.25) is 4.98 Å². The van der Waals surface area contributed by atoms with Crippen molar-refractivity contribution < 1.29 is 14.1 Å². The van der Waals surface area contributed by atoms with Crippen LogP contribution in [0.1, 0.15) is 40.0 Å². The van der Waals surface area contributed by atoms with Crippen LogP contribution in [0.4, 0.5) is 0 Å². The first kappa shape index (κ1) is 12.7. The maximum Gasteiger partial charge on any atom is 0.348 e. The van der Waals surface area contributed by atoms with E-state index in [1.807, 2.05) is 10.8 Å². The maximum atomic E-state index is 12.0. The molecule has 1 N–H and O–H groups in total. The second-order valence-electron chi connectivity index (χ2n) is 6.87. The van der Waals surface area contributed by atoms with Gasteiger partial charge in [-0.1, -0.05) is 20.8 Å². The lowest BCUT2D eigenvalue weighted by atomic mass is 9.70. The van der Waals surface area contributed by atoms with Crippen LogP contribution in [-0.2, 0) is 16.1 Å². The number of nitrogens with zero attached hydrogens (tertiary/aromatic N) is 1. The number of hydrogen-bond donors (Lipinski definition) is 1. The van der Waals surface area contributed by atoms with Crippen LogP contribution in [0, 0.1) is 16.7 Å². The molecule has 2 bridgehead atoms. The molecule has 0 spiro atoms. The van der Waals surface area contributed by atoms with Crippen LogP contribution in [-0.4, -0.2) is 17.1 Å². The molecule has 104 valence electrons. The molecule has 4 heteroatoms. The first-order valence-corrected chi connectivity index (χ1v) is 7.15. The molecule has 0 radical (unpaired) electrons. The van der Waals surface area contributed by atoms with Gasteiger partial charge in [-0.2, -0.15) is 0 Å². The number of H-pyrrole nitrogens is 1. The molecule has 0 amide bonds. The van der Waals surface area contributed by atoms with Crippen molar-refractivity contribution in [1.29, 1.82) is 0 Å². The molecule has 0 aliphatic heterocycles. The fourth-order valence-corrected chi connectivity index (χ4v) is 4.07. The fraction of sp³-hybridized carbons (Fsp3) is 0.733. The molecule has 3 atom stereocenters. The Hall–Kier alpha value is -1.32. The van der Waals surface area contributed by atoms with Gasteiger partial charge < -0.3 is 4.74 Å². The molecule has 3 rings (SSSR count). The highest BCUT2D eigenvalue weighted by Crippen LogP contribution is 2.66. The number of ether oxygens (including phenoxy) is 1. The van der Waals surface area contributed by atoms with Crippen LogP contribution in [0.2, 0.25) is 0 Å². The van der Waals surface area contributed by atoms with E-state index in [1.54, 1.807) is 12.5 Å². The van der Waals surface area contributed by atoms with Crippen LogP contribution in [0.3, 0.4) is 0 Å². The van der Waals surface area contributed by atoms with E-state index in [-0.39, 0.29) is 17.5 Å². The molecule has 2 fully saturated rings. The van der Waals surface area contributed by atoms with Crippen LogP contribution in [0.5, 0.6) is 0 Å². The van der Waals surface area contributed by atoms with Gasteiger partial charge in [0.1, 0.15) is 18.5 Å². The summed E-state index contributed by atoms with van der Waals surface area (Å²) in [6.45, 7) is 7.25. The number of aromatic amines is 1. The van der Waals surface area contributed by atoms with Gasteiger partial charge in [-0.15, -0.1) is 0 Å². The summed E-state index contributed by atoms with van der Waals surface area (Å²) >= 11 is 0. The quantitative estimate of drug-likeness (QED) is 0.670. The zero-order valence-corrected chi connectivity index (χ0v) is 12.0. The molecule has 0 saturated heterocycles. The summed E-state index contributed by atoms with van der Waals surface area (Å²) in [6.07, 6.45) is 9.00. The van der Waals surface area contributed by atoms with E-state index in [0.29, 0.717) is 17.9 Å². The Bertz CT molecular complexity index is 480. The highest BCUT2D eigenvalue weighted by atomic mass is 16.5. The minimum Gasteiger partial charge on any atom is -0.459 e. The number of rotatable bonds is 3. The zero-order chi connectivity index (χ0) is 13.7. The predicted octanol–water partition coefficient (Wildman–Crippen LogP) is 2.06. The molecule has 0 unspecified atom stereocenters. The molecule has 4 nitrogen and oxygen atoms in total. The third kappa shape index (κ3) is 1.80. The van der Waals surface area contributed by atoms with E-state index >= 15 is 0 Å². The van der Waals surface area contributed by atoms with Gasteiger partial charge in [-0.25, -0.2) is 9.36 Å². The van der Waals surface area contributed by atoms with Crippen LogP contribution >= 0.6 is 0 Å². The van der Waals surface area contributed by atoms with Crippen LogP contribution in [0.15, 0.2) is 18.7 Å². The number of hydrogen-bond acceptors (Lipinski definition) is 2. The molecule has 1 aromatic rings. The third-order valence-corrected chi connectivity index (χ3v) is 5.90. The van der Waals surface area contributed by atoms with Gasteiger partial charge in [0.25, 0.3) is 0 Å². The Morgan fingerprint density at radius 2 is 2.26 bits per heavy atom. The lowest BCUT2D eigenvalue weighted by Gasteiger charge is -2.38. The van der Waals surface area contributed by atoms with Crippen molar-refractivity contribution in [2.75, 3.05) is 0 Å². The fourth-order valence-electron chi connectivity index (χ4n) is 4.07. The van der Waals surface area contributed by atoms with E-state index in [9.17, 15) is 4.79 Å². The minimum absolute atomic E-state index is 0.0910. The Kier molecular flexibility index (Phi) is 2.73. The lowest BCUT2D eigenvalue weighted by molar-refractivity contribution is -0.684. The van der Waals surface area contributed by atoms with Crippen LogP contribution < -0.4 is 4.57 Å². The van der Waals surface area contributed by atoms with Gasteiger partial charge in [0.05, 0.1) is 0 Å². The summed E-state index contributed by atoms with van der Waals surface area (Å²) in [4.78, 5) is 15.0. The molecular formula is C15H23N2O2+. The molecule has 2 saturated carbocycles. The van der Waals surface area contributed by atoms with E-state index < -0.39 is 0 Å². The highest BCUT2D eigenvalue weighted by molar-refractivity contribution is 5.68. The SMILES string of the molecule is CC1(C)[C@H]2CC[C@]1(C)[C@@H](OC(=O)C[n+]1cc[nH]c1)C2. The average Bonchev–Trinajstić information content (AvgIpc) is 2.95. The van der Waals surface area contributed by atoms with Crippen molar-refractivity contribution in [2.24, 2.45) is 16.7 Å². The van der Waals surface area contributed by atoms with E-state index in [0.717, 1.165) is 6.42 Å². The summed E-state index contributed by atoms with van der Waals surface area (Å²) in [5, 5.41) is 0. The molecule has 19 heavy (non-hydrogen) atoms. The van der Waals surface area contributed by atoms with E-state index in [1.165, 1.54) is 12.8 Å². The smallest absolute Gasteiger partial charge is 0.348 e. The Morgan fingerprint density at radius 1 is 1.47 bits per heavy atom. The van der Waals surface area contributed by atoms with Crippen molar-refractivity contribution in [2.45, 2.75) is 52.7 Å². The monoisotopic (exact) mass is 263 g/mol. The van der Waals surface area contributed by atoms with Gasteiger partial charge in [0.2, 0.25) is 6.33 Å². The first-order chi connectivity index (χ1) is 8.93. The molecule has 1 aromatic heterocycles. The second-order valence-corrected chi connectivity index (χ2v) is 6.87.